The summed E-state index contributed by atoms with van der Waals surface area (Å²) in [5.41, 5.74) is 1.97. The quantitative estimate of drug-likeness (QED) is 0.762. The molecule has 0 aliphatic rings. The topological polar surface area (TPSA) is 76.9 Å². The van der Waals surface area contributed by atoms with Gasteiger partial charge in [-0.15, -0.1) is 0 Å². The fraction of sp³-hybridized carbons (Fsp3) is 0.111. The molecule has 25 heavy (non-hydrogen) atoms. The van der Waals surface area contributed by atoms with Gasteiger partial charge in [-0.1, -0.05) is 23.7 Å². The van der Waals surface area contributed by atoms with Crippen LogP contribution in [0.4, 0.5) is 0 Å². The fourth-order valence-corrected chi connectivity index (χ4v) is 2.36. The van der Waals surface area contributed by atoms with E-state index in [1.165, 1.54) is 17.0 Å². The molecule has 0 saturated carbocycles. The van der Waals surface area contributed by atoms with Gasteiger partial charge in [0.15, 0.2) is 0 Å². The summed E-state index contributed by atoms with van der Waals surface area (Å²) in [5.74, 6) is -0.264. The van der Waals surface area contributed by atoms with Crippen LogP contribution in [-0.2, 0) is 17.9 Å². The highest BCUT2D eigenvalue weighted by Crippen LogP contribution is 2.17. The van der Waals surface area contributed by atoms with Crippen LogP contribution in [0.1, 0.15) is 5.56 Å². The lowest BCUT2D eigenvalue weighted by atomic mass is 10.1. The van der Waals surface area contributed by atoms with Gasteiger partial charge in [-0.05, 0) is 29.8 Å². The monoisotopic (exact) mass is 354 g/mol. The predicted octanol–water partition coefficient (Wildman–Crippen LogP) is 2.28. The van der Waals surface area contributed by atoms with Gasteiger partial charge in [-0.25, -0.2) is 4.98 Å². The van der Waals surface area contributed by atoms with Crippen molar-refractivity contribution in [1.29, 1.82) is 0 Å². The zero-order chi connectivity index (χ0) is 17.6. The molecule has 0 atom stereocenters. The number of aromatic nitrogens is 3. The maximum Gasteiger partial charge on any atom is 0.254 e. The van der Waals surface area contributed by atoms with Gasteiger partial charge in [0.1, 0.15) is 6.54 Å². The lowest BCUT2D eigenvalue weighted by molar-refractivity contribution is -0.121. The number of benzene rings is 1. The van der Waals surface area contributed by atoms with Gasteiger partial charge in [0, 0.05) is 35.6 Å². The van der Waals surface area contributed by atoms with Crippen LogP contribution >= 0.6 is 11.6 Å². The highest BCUT2D eigenvalue weighted by molar-refractivity contribution is 6.30. The summed E-state index contributed by atoms with van der Waals surface area (Å²) in [7, 11) is 0. The van der Waals surface area contributed by atoms with Crippen molar-refractivity contribution in [1.82, 2.24) is 19.9 Å². The van der Waals surface area contributed by atoms with Crippen molar-refractivity contribution in [2.45, 2.75) is 13.1 Å². The van der Waals surface area contributed by atoms with Crippen molar-refractivity contribution in [2.24, 2.45) is 0 Å². The van der Waals surface area contributed by atoms with Crippen LogP contribution in [0.15, 0.2) is 66.0 Å². The number of halogens is 1. The minimum absolute atomic E-state index is 0.0855. The van der Waals surface area contributed by atoms with E-state index in [1.54, 1.807) is 36.7 Å². The van der Waals surface area contributed by atoms with E-state index in [0.29, 0.717) is 17.3 Å². The molecule has 0 radical (unpaired) electrons. The molecule has 7 heteroatoms. The number of pyridine rings is 1. The van der Waals surface area contributed by atoms with Crippen molar-refractivity contribution < 1.29 is 4.79 Å². The van der Waals surface area contributed by atoms with Gasteiger partial charge in [0.25, 0.3) is 5.56 Å². The minimum Gasteiger partial charge on any atom is -0.350 e. The third-order valence-corrected chi connectivity index (χ3v) is 3.82. The second-order valence-corrected chi connectivity index (χ2v) is 5.82. The Balaban J connectivity index is 1.66. The molecule has 0 bridgehead atoms. The molecule has 1 N–H and O–H groups in total. The second-order valence-electron chi connectivity index (χ2n) is 5.38. The molecule has 126 valence electrons. The van der Waals surface area contributed by atoms with Crippen LogP contribution in [0.25, 0.3) is 11.3 Å². The number of amides is 1. The first kappa shape index (κ1) is 16.9. The van der Waals surface area contributed by atoms with Crippen LogP contribution in [0.3, 0.4) is 0 Å². The van der Waals surface area contributed by atoms with Crippen molar-refractivity contribution in [3.05, 3.63) is 82.1 Å². The average molecular weight is 355 g/mol. The van der Waals surface area contributed by atoms with E-state index in [-0.39, 0.29) is 18.0 Å². The van der Waals surface area contributed by atoms with Gasteiger partial charge in [0.05, 0.1) is 12.0 Å². The number of carbonyl (C=O) groups is 1. The van der Waals surface area contributed by atoms with Crippen molar-refractivity contribution in [2.75, 3.05) is 0 Å². The van der Waals surface area contributed by atoms with E-state index in [1.807, 2.05) is 12.1 Å². The normalized spacial score (nSPS) is 10.4. The van der Waals surface area contributed by atoms with E-state index in [2.05, 4.69) is 15.3 Å². The summed E-state index contributed by atoms with van der Waals surface area (Å²) in [4.78, 5) is 32.4. The van der Waals surface area contributed by atoms with Crippen LogP contribution in [0.2, 0.25) is 5.02 Å². The van der Waals surface area contributed by atoms with Crippen LogP contribution < -0.4 is 10.9 Å². The molecule has 6 nitrogen and oxygen atoms in total. The first-order chi connectivity index (χ1) is 12.1. The third kappa shape index (κ3) is 4.51. The van der Waals surface area contributed by atoms with Crippen molar-refractivity contribution >= 4 is 17.5 Å². The molecule has 3 rings (SSSR count). The molecule has 0 fully saturated rings. The summed E-state index contributed by atoms with van der Waals surface area (Å²) >= 11 is 5.85. The average Bonchev–Trinajstić information content (AvgIpc) is 2.63. The number of rotatable bonds is 5. The number of hydrogen-bond donors (Lipinski definition) is 1. The number of carbonyl (C=O) groups excluding carboxylic acids is 1. The first-order valence-corrected chi connectivity index (χ1v) is 7.97. The van der Waals surface area contributed by atoms with E-state index < -0.39 is 0 Å². The maximum atomic E-state index is 12.2. The van der Waals surface area contributed by atoms with E-state index in [0.717, 1.165) is 11.1 Å². The fourth-order valence-electron chi connectivity index (χ4n) is 2.24. The Kier molecular flexibility index (Phi) is 5.20. The van der Waals surface area contributed by atoms with E-state index >= 15 is 0 Å². The number of hydrogen-bond acceptors (Lipinski definition) is 4. The predicted molar refractivity (Wildman–Crippen MR) is 95.0 cm³/mol. The SMILES string of the molecule is O=C(Cn1cnc(-c2ccc(Cl)cc2)cc1=O)NCc1ccncc1. The van der Waals surface area contributed by atoms with Crippen molar-refractivity contribution in [3.8, 4) is 11.3 Å². The molecule has 1 aromatic carbocycles. The van der Waals surface area contributed by atoms with Crippen LogP contribution in [-0.4, -0.2) is 20.4 Å². The summed E-state index contributed by atoms with van der Waals surface area (Å²) in [6.45, 7) is 0.296. The van der Waals surface area contributed by atoms with E-state index in [4.69, 9.17) is 11.6 Å². The van der Waals surface area contributed by atoms with Gasteiger partial charge in [0.2, 0.25) is 5.91 Å². The second kappa shape index (κ2) is 7.72. The largest absolute Gasteiger partial charge is 0.350 e. The molecular formula is C18H15ClN4O2. The molecule has 0 aliphatic carbocycles. The standard InChI is InChI=1S/C18H15ClN4O2/c19-15-3-1-14(2-4-15)16-9-18(25)23(12-22-16)11-17(24)21-10-13-5-7-20-8-6-13/h1-9,12H,10-11H2,(H,21,24). The smallest absolute Gasteiger partial charge is 0.254 e. The highest BCUT2D eigenvalue weighted by Gasteiger charge is 2.07. The molecule has 0 unspecified atom stereocenters. The Morgan fingerprint density at radius 2 is 1.84 bits per heavy atom. The molecule has 0 spiro atoms. The highest BCUT2D eigenvalue weighted by atomic mass is 35.5. The van der Waals surface area contributed by atoms with Gasteiger partial charge < -0.3 is 5.32 Å². The summed E-state index contributed by atoms with van der Waals surface area (Å²) in [6.07, 6.45) is 4.69. The Labute approximate surface area is 149 Å². The molecule has 3 aromatic rings. The van der Waals surface area contributed by atoms with Gasteiger partial charge >= 0.3 is 0 Å². The Hall–Kier alpha value is -2.99. The molecular weight excluding hydrogens is 340 g/mol. The molecule has 2 aromatic heterocycles. The first-order valence-electron chi connectivity index (χ1n) is 7.60. The van der Waals surface area contributed by atoms with Gasteiger partial charge in [-0.3, -0.25) is 19.1 Å². The molecule has 2 heterocycles. The van der Waals surface area contributed by atoms with E-state index in [9.17, 15) is 9.59 Å². The van der Waals surface area contributed by atoms with Crippen LogP contribution in [0, 0.1) is 0 Å². The van der Waals surface area contributed by atoms with Gasteiger partial charge in [-0.2, -0.15) is 0 Å². The Morgan fingerprint density at radius 3 is 2.52 bits per heavy atom. The zero-order valence-electron chi connectivity index (χ0n) is 13.2. The lowest BCUT2D eigenvalue weighted by Gasteiger charge is -2.08. The molecule has 0 saturated heterocycles. The summed E-state index contributed by atoms with van der Waals surface area (Å²) < 4.78 is 1.27. The lowest BCUT2D eigenvalue weighted by Crippen LogP contribution is -2.31. The summed E-state index contributed by atoms with van der Waals surface area (Å²) in [6, 6.07) is 12.1. The maximum absolute atomic E-state index is 12.2. The molecule has 0 aliphatic heterocycles. The Morgan fingerprint density at radius 1 is 1.12 bits per heavy atom. The zero-order valence-corrected chi connectivity index (χ0v) is 14.0. The third-order valence-electron chi connectivity index (χ3n) is 3.57. The van der Waals surface area contributed by atoms with Crippen molar-refractivity contribution in [3.63, 3.8) is 0 Å². The summed E-state index contributed by atoms with van der Waals surface area (Å²) in [5, 5.41) is 3.37. The minimum atomic E-state index is -0.293. The number of nitrogens with zero attached hydrogens (tertiary/aromatic N) is 3. The van der Waals surface area contributed by atoms with Crippen LogP contribution in [0.5, 0.6) is 0 Å². The Bertz CT molecular complexity index is 924. The molecule has 1 amide bonds. The number of nitrogens with one attached hydrogen (secondary N) is 1.